The van der Waals surface area contributed by atoms with Crippen molar-refractivity contribution in [2.45, 2.75) is 5.41 Å². The molecule has 1 nitrogen and oxygen atoms in total. The van der Waals surface area contributed by atoms with E-state index < -0.39 is 5.41 Å². The van der Waals surface area contributed by atoms with E-state index in [0.29, 0.717) is 0 Å². The van der Waals surface area contributed by atoms with Crippen LogP contribution in [0.1, 0.15) is 22.3 Å². The van der Waals surface area contributed by atoms with Gasteiger partial charge in [0, 0.05) is 16.9 Å². The normalized spacial score (nSPS) is 12.5. The van der Waals surface area contributed by atoms with Crippen LogP contribution in [-0.4, -0.2) is 0 Å². The van der Waals surface area contributed by atoms with Crippen LogP contribution < -0.4 is 4.90 Å². The lowest BCUT2D eigenvalue weighted by Crippen LogP contribution is -2.28. The van der Waals surface area contributed by atoms with Crippen molar-refractivity contribution in [1.82, 2.24) is 0 Å². The maximum absolute atomic E-state index is 2.51. The number of benzene rings is 11. The van der Waals surface area contributed by atoms with E-state index in [4.69, 9.17) is 0 Å². The van der Waals surface area contributed by atoms with Crippen molar-refractivity contribution >= 4 is 38.6 Å². The van der Waals surface area contributed by atoms with Crippen molar-refractivity contribution in [1.29, 1.82) is 0 Å². The van der Waals surface area contributed by atoms with Crippen LogP contribution in [0.25, 0.3) is 66.1 Å². The molecule has 1 heteroatoms. The monoisotopic (exact) mass is 813 g/mol. The predicted octanol–water partition coefficient (Wildman–Crippen LogP) is 16.8. The van der Waals surface area contributed by atoms with E-state index in [-0.39, 0.29) is 0 Å². The zero-order chi connectivity index (χ0) is 42.5. The molecular formula is C63H43N. The summed E-state index contributed by atoms with van der Waals surface area (Å²) in [5.41, 5.74) is 17.5. The molecule has 0 aliphatic heterocycles. The Morgan fingerprint density at radius 3 is 1.50 bits per heavy atom. The largest absolute Gasteiger partial charge is 0.310 e. The average molecular weight is 814 g/mol. The third-order valence-corrected chi connectivity index (χ3v) is 13.3. The first-order valence-electron chi connectivity index (χ1n) is 22.2. The lowest BCUT2D eigenvalue weighted by Gasteiger charge is -2.34. The van der Waals surface area contributed by atoms with Crippen molar-refractivity contribution in [2.75, 3.05) is 4.90 Å². The molecule has 0 amide bonds. The molecule has 0 saturated heterocycles. The Kier molecular flexibility index (Phi) is 9.13. The van der Waals surface area contributed by atoms with Gasteiger partial charge in [0.15, 0.2) is 0 Å². The zero-order valence-corrected chi connectivity index (χ0v) is 35.3. The van der Waals surface area contributed by atoms with Crippen molar-refractivity contribution in [3.63, 3.8) is 0 Å². The maximum Gasteiger partial charge on any atom is 0.0713 e. The van der Waals surface area contributed by atoms with E-state index in [1.54, 1.807) is 0 Å². The van der Waals surface area contributed by atoms with Crippen LogP contribution in [0.5, 0.6) is 0 Å². The first-order valence-corrected chi connectivity index (χ1v) is 22.2. The molecule has 0 fully saturated rings. The summed E-state index contributed by atoms with van der Waals surface area (Å²) in [6.45, 7) is 0. The SMILES string of the molecule is c1ccc(-c2ccccc2-c2c(-c3ccccc3)cccc2N(c2ccc3c(c2)-c2ccccc2C3(c2ccccc2)c2ccccc2)c2ccc3c(ccc4ccccc43)c2)cc1. The standard InChI is InChI=1S/C63H43N/c1-5-20-44(21-6-1)53-30-15-16-32-57(53)62-55(45-22-7-2-8-23-45)33-19-35-61(62)64(50-38-40-54-47(42-50)37-36-46-24-13-14-29-52(46)54)51-39-41-60-58(43-51)56-31-17-18-34-59(56)63(60,48-25-9-3-10-26-48)49-27-11-4-12-28-49/h1-43H. The maximum atomic E-state index is 2.51. The molecular weight excluding hydrogens is 771 g/mol. The molecule has 0 atom stereocenters. The van der Waals surface area contributed by atoms with Crippen LogP contribution in [0.2, 0.25) is 0 Å². The number of hydrogen-bond acceptors (Lipinski definition) is 1. The molecule has 0 saturated carbocycles. The summed E-state index contributed by atoms with van der Waals surface area (Å²) in [5, 5.41) is 4.94. The van der Waals surface area contributed by atoms with Crippen LogP contribution in [0.3, 0.4) is 0 Å². The molecule has 0 heterocycles. The highest BCUT2D eigenvalue weighted by atomic mass is 15.1. The van der Waals surface area contributed by atoms with Crippen LogP contribution in [-0.2, 0) is 5.41 Å². The van der Waals surface area contributed by atoms with Crippen molar-refractivity contribution in [3.05, 3.63) is 283 Å². The Balaban J connectivity index is 1.17. The van der Waals surface area contributed by atoms with Crippen LogP contribution in [0.4, 0.5) is 17.1 Å². The van der Waals surface area contributed by atoms with Gasteiger partial charge in [0.05, 0.1) is 11.1 Å². The van der Waals surface area contributed by atoms with Gasteiger partial charge >= 0.3 is 0 Å². The third-order valence-electron chi connectivity index (χ3n) is 13.3. The molecule has 64 heavy (non-hydrogen) atoms. The average Bonchev–Trinajstić information content (AvgIpc) is 3.68. The number of fused-ring (bicyclic) bond motifs is 6. The van der Waals surface area contributed by atoms with Gasteiger partial charge in [-0.2, -0.15) is 0 Å². The molecule has 0 N–H and O–H groups in total. The summed E-state index contributed by atoms with van der Waals surface area (Å²) >= 11 is 0. The van der Waals surface area contributed by atoms with Gasteiger partial charge in [0.25, 0.3) is 0 Å². The molecule has 11 aromatic carbocycles. The first kappa shape index (κ1) is 37.5. The minimum atomic E-state index is -0.491. The van der Waals surface area contributed by atoms with E-state index in [1.165, 1.54) is 88.3 Å². The molecule has 0 spiro atoms. The Hall–Kier alpha value is -8.26. The molecule has 0 radical (unpaired) electrons. The van der Waals surface area contributed by atoms with Crippen LogP contribution in [0, 0.1) is 0 Å². The quantitative estimate of drug-likeness (QED) is 0.138. The molecule has 12 rings (SSSR count). The predicted molar refractivity (Wildman–Crippen MR) is 270 cm³/mol. The first-order chi connectivity index (χ1) is 31.8. The number of anilines is 3. The summed E-state index contributed by atoms with van der Waals surface area (Å²) < 4.78 is 0. The second-order valence-electron chi connectivity index (χ2n) is 16.8. The molecule has 11 aromatic rings. The zero-order valence-electron chi connectivity index (χ0n) is 35.3. The highest BCUT2D eigenvalue weighted by Gasteiger charge is 2.46. The van der Waals surface area contributed by atoms with Gasteiger partial charge in [-0.1, -0.05) is 231 Å². The number of nitrogens with zero attached hydrogens (tertiary/aromatic N) is 1. The summed E-state index contributed by atoms with van der Waals surface area (Å²) in [5.74, 6) is 0. The molecule has 1 aliphatic rings. The molecule has 0 bridgehead atoms. The Bertz CT molecular complexity index is 3440. The molecule has 0 aromatic heterocycles. The van der Waals surface area contributed by atoms with E-state index >= 15 is 0 Å². The Morgan fingerprint density at radius 1 is 0.281 bits per heavy atom. The van der Waals surface area contributed by atoms with Gasteiger partial charge in [-0.05, 0) is 113 Å². The minimum Gasteiger partial charge on any atom is -0.310 e. The Morgan fingerprint density at radius 2 is 0.781 bits per heavy atom. The van der Waals surface area contributed by atoms with Gasteiger partial charge in [-0.3, -0.25) is 0 Å². The summed E-state index contributed by atoms with van der Waals surface area (Å²) in [7, 11) is 0. The van der Waals surface area contributed by atoms with Crippen LogP contribution in [0.15, 0.2) is 261 Å². The fraction of sp³-hybridized carbons (Fsp3) is 0.0159. The highest BCUT2D eigenvalue weighted by Crippen LogP contribution is 2.58. The van der Waals surface area contributed by atoms with Gasteiger partial charge in [0.2, 0.25) is 0 Å². The van der Waals surface area contributed by atoms with E-state index in [1.807, 2.05) is 0 Å². The van der Waals surface area contributed by atoms with Crippen molar-refractivity contribution in [3.8, 4) is 44.5 Å². The van der Waals surface area contributed by atoms with E-state index in [9.17, 15) is 0 Å². The summed E-state index contributed by atoms with van der Waals surface area (Å²) in [6, 6.07) is 96.0. The lowest BCUT2D eigenvalue weighted by atomic mass is 9.68. The molecule has 300 valence electrons. The van der Waals surface area contributed by atoms with Crippen molar-refractivity contribution in [2.24, 2.45) is 0 Å². The van der Waals surface area contributed by atoms with Crippen molar-refractivity contribution < 1.29 is 0 Å². The van der Waals surface area contributed by atoms with Gasteiger partial charge in [-0.15, -0.1) is 0 Å². The summed E-state index contributed by atoms with van der Waals surface area (Å²) in [6.07, 6.45) is 0. The number of hydrogen-bond donors (Lipinski definition) is 0. The second-order valence-corrected chi connectivity index (χ2v) is 16.8. The lowest BCUT2D eigenvalue weighted by molar-refractivity contribution is 0.768. The highest BCUT2D eigenvalue weighted by molar-refractivity contribution is 6.09. The fourth-order valence-electron chi connectivity index (χ4n) is 10.6. The summed E-state index contributed by atoms with van der Waals surface area (Å²) in [4.78, 5) is 2.51. The molecule has 0 unspecified atom stereocenters. The van der Waals surface area contributed by atoms with E-state index in [2.05, 4.69) is 266 Å². The van der Waals surface area contributed by atoms with Gasteiger partial charge in [-0.25, -0.2) is 0 Å². The number of rotatable bonds is 8. The Labute approximate surface area is 374 Å². The molecule has 1 aliphatic carbocycles. The fourth-order valence-corrected chi connectivity index (χ4v) is 10.6. The van der Waals surface area contributed by atoms with Gasteiger partial charge in [0.1, 0.15) is 0 Å². The van der Waals surface area contributed by atoms with Gasteiger partial charge < -0.3 is 4.90 Å². The topological polar surface area (TPSA) is 3.24 Å². The van der Waals surface area contributed by atoms with E-state index in [0.717, 1.165) is 17.1 Å². The van der Waals surface area contributed by atoms with Crippen LogP contribution >= 0.6 is 0 Å². The smallest absolute Gasteiger partial charge is 0.0713 e. The minimum absolute atomic E-state index is 0.491. The third kappa shape index (κ3) is 6.01. The second kappa shape index (κ2) is 15.6.